The van der Waals surface area contributed by atoms with Crippen LogP contribution in [0, 0.1) is 0 Å². The second-order valence-electron chi connectivity index (χ2n) is 5.86. The predicted octanol–water partition coefficient (Wildman–Crippen LogP) is 1.92. The highest BCUT2D eigenvalue weighted by Gasteiger charge is 2.33. The molecule has 0 saturated carbocycles. The zero-order valence-corrected chi connectivity index (χ0v) is 13.2. The molecule has 1 saturated heterocycles. The van der Waals surface area contributed by atoms with Crippen LogP contribution in [0.2, 0.25) is 0 Å². The lowest BCUT2D eigenvalue weighted by atomic mass is 10.0. The molecule has 1 atom stereocenters. The fraction of sp³-hybridized carbons (Fsp3) is 0.600. The molecule has 0 radical (unpaired) electrons. The Bertz CT molecular complexity index is 560. The van der Waals surface area contributed by atoms with Gasteiger partial charge in [-0.15, -0.1) is 0 Å². The smallest absolute Gasteiger partial charge is 0.362 e. The van der Waals surface area contributed by atoms with Gasteiger partial charge >= 0.3 is 6.18 Å². The SMILES string of the molecule is CN(C)c1nc(C(F)(F)F)ccc1CNC[C@H]1CCCC(=O)N1. The first-order valence-electron chi connectivity index (χ1n) is 7.52. The van der Waals surface area contributed by atoms with E-state index in [-0.39, 0.29) is 11.9 Å². The predicted molar refractivity (Wildman–Crippen MR) is 81.1 cm³/mol. The number of nitrogens with zero attached hydrogens (tertiary/aromatic N) is 2. The maximum Gasteiger partial charge on any atom is 0.433 e. The molecule has 23 heavy (non-hydrogen) atoms. The molecule has 0 aromatic carbocycles. The van der Waals surface area contributed by atoms with Crippen LogP contribution in [0.15, 0.2) is 12.1 Å². The molecular formula is C15H21F3N4O. The van der Waals surface area contributed by atoms with Crippen LogP contribution < -0.4 is 15.5 Å². The lowest BCUT2D eigenvalue weighted by Crippen LogP contribution is -2.44. The first-order valence-corrected chi connectivity index (χ1v) is 7.52. The summed E-state index contributed by atoms with van der Waals surface area (Å²) < 4.78 is 38.3. The summed E-state index contributed by atoms with van der Waals surface area (Å²) in [6.07, 6.45) is -2.12. The molecule has 128 valence electrons. The van der Waals surface area contributed by atoms with Crippen LogP contribution in [0.3, 0.4) is 0 Å². The van der Waals surface area contributed by atoms with Gasteiger partial charge in [0.15, 0.2) is 0 Å². The molecule has 1 aromatic heterocycles. The molecule has 1 aliphatic rings. The summed E-state index contributed by atoms with van der Waals surface area (Å²) in [5.41, 5.74) is -0.213. The van der Waals surface area contributed by atoms with Crippen LogP contribution >= 0.6 is 0 Å². The normalized spacial score (nSPS) is 18.7. The largest absolute Gasteiger partial charge is 0.433 e. The average Bonchev–Trinajstić information content (AvgIpc) is 2.46. The Morgan fingerprint density at radius 2 is 2.13 bits per heavy atom. The molecule has 2 heterocycles. The fourth-order valence-electron chi connectivity index (χ4n) is 2.58. The Balaban J connectivity index is 2.00. The van der Waals surface area contributed by atoms with Gasteiger partial charge in [-0.2, -0.15) is 13.2 Å². The second kappa shape index (κ2) is 7.16. The van der Waals surface area contributed by atoms with E-state index in [4.69, 9.17) is 0 Å². The van der Waals surface area contributed by atoms with Gasteiger partial charge in [0.2, 0.25) is 5.91 Å². The van der Waals surface area contributed by atoms with Crippen molar-refractivity contribution < 1.29 is 18.0 Å². The Labute approximate surface area is 133 Å². The van der Waals surface area contributed by atoms with Crippen molar-refractivity contribution in [1.29, 1.82) is 0 Å². The molecule has 2 rings (SSSR count). The summed E-state index contributed by atoms with van der Waals surface area (Å²) in [4.78, 5) is 16.6. The summed E-state index contributed by atoms with van der Waals surface area (Å²) in [5.74, 6) is 0.341. The van der Waals surface area contributed by atoms with Gasteiger partial charge in [0.25, 0.3) is 0 Å². The summed E-state index contributed by atoms with van der Waals surface area (Å²) in [6, 6.07) is 2.51. The molecule has 1 aromatic rings. The van der Waals surface area contributed by atoms with Crippen LogP contribution in [0.25, 0.3) is 0 Å². The number of amides is 1. The maximum absolute atomic E-state index is 12.8. The number of aromatic nitrogens is 1. The molecule has 2 N–H and O–H groups in total. The molecule has 0 spiro atoms. The first-order chi connectivity index (χ1) is 10.8. The van der Waals surface area contributed by atoms with Gasteiger partial charge in [-0.1, -0.05) is 6.07 Å². The van der Waals surface area contributed by atoms with Gasteiger partial charge < -0.3 is 15.5 Å². The number of anilines is 1. The van der Waals surface area contributed by atoms with E-state index in [0.29, 0.717) is 30.9 Å². The number of hydrogen-bond acceptors (Lipinski definition) is 4. The van der Waals surface area contributed by atoms with Gasteiger partial charge in [0.1, 0.15) is 11.5 Å². The number of alkyl halides is 3. The molecule has 0 unspecified atom stereocenters. The van der Waals surface area contributed by atoms with Gasteiger partial charge in [0.05, 0.1) is 0 Å². The van der Waals surface area contributed by atoms with Gasteiger partial charge in [-0.3, -0.25) is 4.79 Å². The van der Waals surface area contributed by atoms with Crippen molar-refractivity contribution in [1.82, 2.24) is 15.6 Å². The van der Waals surface area contributed by atoms with Crippen molar-refractivity contribution >= 4 is 11.7 Å². The van der Waals surface area contributed by atoms with E-state index in [2.05, 4.69) is 15.6 Å². The third-order valence-electron chi connectivity index (χ3n) is 3.70. The average molecular weight is 330 g/mol. The van der Waals surface area contributed by atoms with E-state index >= 15 is 0 Å². The Morgan fingerprint density at radius 3 is 2.74 bits per heavy atom. The zero-order chi connectivity index (χ0) is 17.0. The molecule has 1 aliphatic heterocycles. The lowest BCUT2D eigenvalue weighted by Gasteiger charge is -2.24. The van der Waals surface area contributed by atoms with Gasteiger partial charge in [-0.25, -0.2) is 4.98 Å². The topological polar surface area (TPSA) is 57.3 Å². The van der Waals surface area contributed by atoms with E-state index in [1.807, 2.05) is 0 Å². The van der Waals surface area contributed by atoms with Crippen molar-refractivity contribution in [2.75, 3.05) is 25.5 Å². The van der Waals surface area contributed by atoms with Crippen LogP contribution in [0.4, 0.5) is 19.0 Å². The second-order valence-corrected chi connectivity index (χ2v) is 5.86. The number of pyridine rings is 1. The fourth-order valence-corrected chi connectivity index (χ4v) is 2.58. The molecular weight excluding hydrogens is 309 g/mol. The lowest BCUT2D eigenvalue weighted by molar-refractivity contribution is -0.141. The van der Waals surface area contributed by atoms with Crippen molar-refractivity contribution in [3.63, 3.8) is 0 Å². The highest BCUT2D eigenvalue weighted by Crippen LogP contribution is 2.30. The van der Waals surface area contributed by atoms with Crippen molar-refractivity contribution in [3.8, 4) is 0 Å². The van der Waals surface area contributed by atoms with Crippen LogP contribution in [-0.2, 0) is 17.5 Å². The van der Waals surface area contributed by atoms with E-state index in [1.54, 1.807) is 19.0 Å². The Kier molecular flexibility index (Phi) is 5.46. The summed E-state index contributed by atoms with van der Waals surface area (Å²) >= 11 is 0. The van der Waals surface area contributed by atoms with E-state index in [9.17, 15) is 18.0 Å². The monoisotopic (exact) mass is 330 g/mol. The number of hydrogen-bond donors (Lipinski definition) is 2. The van der Waals surface area contributed by atoms with Crippen LogP contribution in [0.5, 0.6) is 0 Å². The van der Waals surface area contributed by atoms with Gasteiger partial charge in [-0.05, 0) is 18.9 Å². The molecule has 1 amide bonds. The van der Waals surface area contributed by atoms with Crippen molar-refractivity contribution in [2.45, 2.75) is 38.0 Å². The summed E-state index contributed by atoms with van der Waals surface area (Å²) in [7, 11) is 3.32. The van der Waals surface area contributed by atoms with Crippen LogP contribution in [-0.4, -0.2) is 37.6 Å². The molecule has 5 nitrogen and oxygen atoms in total. The highest BCUT2D eigenvalue weighted by atomic mass is 19.4. The Morgan fingerprint density at radius 1 is 1.39 bits per heavy atom. The van der Waals surface area contributed by atoms with Crippen LogP contribution in [0.1, 0.15) is 30.5 Å². The minimum absolute atomic E-state index is 0.0493. The Hall–Kier alpha value is -1.83. The molecule has 1 fully saturated rings. The van der Waals surface area contributed by atoms with Gasteiger partial charge in [0, 0.05) is 45.2 Å². The minimum Gasteiger partial charge on any atom is -0.362 e. The number of piperidine rings is 1. The van der Waals surface area contributed by atoms with Crippen molar-refractivity contribution in [2.24, 2.45) is 0 Å². The highest BCUT2D eigenvalue weighted by molar-refractivity contribution is 5.76. The summed E-state index contributed by atoms with van der Waals surface area (Å²) in [6.45, 7) is 0.977. The van der Waals surface area contributed by atoms with Crippen molar-refractivity contribution in [3.05, 3.63) is 23.4 Å². The number of carbonyl (C=O) groups excluding carboxylic acids is 1. The zero-order valence-electron chi connectivity index (χ0n) is 13.2. The van der Waals surface area contributed by atoms with E-state index in [0.717, 1.165) is 18.9 Å². The standard InChI is InChI=1S/C15H21F3N4O/c1-22(2)14-10(6-7-12(21-14)15(16,17)18)8-19-9-11-4-3-5-13(23)20-11/h6-7,11,19H,3-5,8-9H2,1-2H3,(H,20,23)/t11-/m1/s1. The number of rotatable bonds is 5. The third-order valence-corrected chi connectivity index (χ3v) is 3.70. The number of carbonyl (C=O) groups is 1. The van der Waals surface area contributed by atoms with E-state index < -0.39 is 11.9 Å². The maximum atomic E-state index is 12.8. The summed E-state index contributed by atoms with van der Waals surface area (Å²) in [5, 5.41) is 6.08. The molecule has 0 aliphatic carbocycles. The number of nitrogens with one attached hydrogen (secondary N) is 2. The molecule has 0 bridgehead atoms. The first kappa shape index (κ1) is 17.5. The minimum atomic E-state index is -4.46. The quantitative estimate of drug-likeness (QED) is 0.866. The third kappa shape index (κ3) is 4.82. The van der Waals surface area contributed by atoms with E-state index in [1.165, 1.54) is 6.07 Å². The number of halogens is 3. The molecule has 8 heteroatoms.